The summed E-state index contributed by atoms with van der Waals surface area (Å²) in [4.78, 5) is 23.1. The van der Waals surface area contributed by atoms with Gasteiger partial charge in [-0.2, -0.15) is 0 Å². The zero-order valence-electron chi connectivity index (χ0n) is 14.5. The number of ketones is 1. The van der Waals surface area contributed by atoms with Crippen LogP contribution in [0.4, 0.5) is 10.1 Å². The summed E-state index contributed by atoms with van der Waals surface area (Å²) in [5.74, 6) is -0.0659. The van der Waals surface area contributed by atoms with Crippen molar-refractivity contribution in [2.45, 2.75) is 65.7 Å². The van der Waals surface area contributed by atoms with E-state index in [1.807, 2.05) is 13.8 Å². The maximum Gasteiger partial charge on any atom is 0.224 e. The Hall–Kier alpha value is -1.71. The van der Waals surface area contributed by atoms with Gasteiger partial charge in [0.15, 0.2) is 0 Å². The molecule has 0 aliphatic heterocycles. The van der Waals surface area contributed by atoms with Crippen LogP contribution in [-0.2, 0) is 16.0 Å². The molecule has 0 radical (unpaired) electrons. The Morgan fingerprint density at radius 3 is 2.61 bits per heavy atom. The summed E-state index contributed by atoms with van der Waals surface area (Å²) < 4.78 is 14.3. The van der Waals surface area contributed by atoms with E-state index in [2.05, 4.69) is 5.32 Å². The molecular formula is C19H30FNO2. The second-order valence-corrected chi connectivity index (χ2v) is 6.02. The second-order valence-electron chi connectivity index (χ2n) is 6.02. The molecule has 4 heteroatoms. The van der Waals surface area contributed by atoms with Gasteiger partial charge in [0.1, 0.15) is 11.6 Å². The Morgan fingerprint density at radius 2 is 1.96 bits per heavy atom. The summed E-state index contributed by atoms with van der Waals surface area (Å²) in [6.07, 6.45) is 5.07. The van der Waals surface area contributed by atoms with Crippen molar-refractivity contribution < 1.29 is 15.4 Å². The molecular weight excluding hydrogens is 293 g/mol. The van der Waals surface area contributed by atoms with Gasteiger partial charge in [-0.25, -0.2) is 4.39 Å². The molecule has 0 saturated carbocycles. The summed E-state index contributed by atoms with van der Waals surface area (Å²) in [5.41, 5.74) is 0.869. The van der Waals surface area contributed by atoms with Crippen LogP contribution in [0.15, 0.2) is 18.2 Å². The fraction of sp³-hybridized carbons (Fsp3) is 0.579. The third-order valence-corrected chi connectivity index (χ3v) is 4.21. The van der Waals surface area contributed by atoms with Crippen molar-refractivity contribution >= 4 is 17.4 Å². The number of benzene rings is 1. The van der Waals surface area contributed by atoms with Gasteiger partial charge in [-0.3, -0.25) is 9.59 Å². The number of hydrogen-bond donors (Lipinski definition) is 1. The van der Waals surface area contributed by atoms with E-state index >= 15 is 0 Å². The fourth-order valence-corrected chi connectivity index (χ4v) is 2.37. The molecule has 0 heterocycles. The zero-order chi connectivity index (χ0) is 17.2. The number of carbonyl (C=O) groups excluding carboxylic acids is 2. The molecule has 0 aliphatic carbocycles. The molecule has 3 nitrogen and oxygen atoms in total. The van der Waals surface area contributed by atoms with Crippen molar-refractivity contribution in [2.75, 3.05) is 5.32 Å². The molecule has 1 amide bonds. The normalized spacial score (nSPS) is 12.0. The maximum atomic E-state index is 14.3. The van der Waals surface area contributed by atoms with Crippen LogP contribution in [0.5, 0.6) is 0 Å². The van der Waals surface area contributed by atoms with Gasteiger partial charge >= 0.3 is 0 Å². The number of rotatable bonds is 10. The predicted molar refractivity (Wildman–Crippen MR) is 94.1 cm³/mol. The molecule has 130 valence electrons. The van der Waals surface area contributed by atoms with E-state index in [9.17, 15) is 14.0 Å². The number of aryl methyl sites for hydroxylation is 1. The van der Waals surface area contributed by atoms with Gasteiger partial charge in [0, 0.05) is 20.2 Å². The average Bonchev–Trinajstić information content (AvgIpc) is 2.56. The van der Waals surface area contributed by atoms with Crippen molar-refractivity contribution in [3.63, 3.8) is 0 Å². The molecule has 0 bridgehead atoms. The molecule has 1 unspecified atom stereocenters. The number of nitrogens with one attached hydrogen (secondary N) is 1. The minimum Gasteiger partial charge on any atom is -0.324 e. The van der Waals surface area contributed by atoms with Gasteiger partial charge in [0.05, 0.1) is 5.69 Å². The van der Waals surface area contributed by atoms with E-state index in [1.54, 1.807) is 25.1 Å². The van der Waals surface area contributed by atoms with Crippen LogP contribution < -0.4 is 5.32 Å². The van der Waals surface area contributed by atoms with Crippen LogP contribution in [-0.4, -0.2) is 11.7 Å². The Kier molecular flexibility index (Phi) is 8.52. The highest BCUT2D eigenvalue weighted by molar-refractivity contribution is 5.90. The lowest BCUT2D eigenvalue weighted by molar-refractivity contribution is -0.122. The largest absolute Gasteiger partial charge is 0.324 e. The minimum absolute atomic E-state index is 0. The third-order valence-electron chi connectivity index (χ3n) is 4.21. The summed E-state index contributed by atoms with van der Waals surface area (Å²) in [5, 5.41) is 2.58. The topological polar surface area (TPSA) is 46.2 Å². The molecule has 0 aromatic heterocycles. The molecule has 1 atom stereocenters. The van der Waals surface area contributed by atoms with Gasteiger partial charge in [0.25, 0.3) is 0 Å². The molecule has 0 aliphatic rings. The van der Waals surface area contributed by atoms with E-state index in [4.69, 9.17) is 0 Å². The highest BCUT2D eigenvalue weighted by Crippen LogP contribution is 2.20. The standard InChI is InChI=1S/C19H28FNO2.H2/c1-4-14(3)17(22)13-8-6-7-10-15-11-9-12-16(19(15)20)21-18(23)5-2;/h9,11-12,14H,4-8,10,13H2,1-3H3,(H,21,23);1H. The first-order valence-electron chi connectivity index (χ1n) is 8.59. The highest BCUT2D eigenvalue weighted by Gasteiger charge is 2.11. The van der Waals surface area contributed by atoms with Crippen LogP contribution in [0.25, 0.3) is 0 Å². The fourth-order valence-electron chi connectivity index (χ4n) is 2.37. The monoisotopic (exact) mass is 323 g/mol. The lowest BCUT2D eigenvalue weighted by Crippen LogP contribution is -2.11. The molecule has 0 spiro atoms. The molecule has 1 rings (SSSR count). The van der Waals surface area contributed by atoms with Gasteiger partial charge in [-0.05, 0) is 37.3 Å². The second kappa shape index (κ2) is 10.1. The first-order chi connectivity index (χ1) is 11.0. The maximum absolute atomic E-state index is 14.3. The van der Waals surface area contributed by atoms with E-state index in [-0.39, 0.29) is 24.8 Å². The molecule has 1 aromatic carbocycles. The Labute approximate surface area is 140 Å². The lowest BCUT2D eigenvalue weighted by Gasteiger charge is -2.10. The van der Waals surface area contributed by atoms with Crippen LogP contribution in [0.2, 0.25) is 0 Å². The van der Waals surface area contributed by atoms with E-state index in [1.165, 1.54) is 0 Å². The van der Waals surface area contributed by atoms with Crippen molar-refractivity contribution in [3.05, 3.63) is 29.6 Å². The first-order valence-corrected chi connectivity index (χ1v) is 8.59. The Balaban J connectivity index is 0.00000529. The average molecular weight is 323 g/mol. The van der Waals surface area contributed by atoms with Crippen molar-refractivity contribution in [2.24, 2.45) is 5.92 Å². The zero-order valence-corrected chi connectivity index (χ0v) is 14.5. The van der Waals surface area contributed by atoms with E-state index in [0.717, 1.165) is 25.7 Å². The summed E-state index contributed by atoms with van der Waals surface area (Å²) >= 11 is 0. The van der Waals surface area contributed by atoms with Crippen LogP contribution in [0.3, 0.4) is 0 Å². The number of anilines is 1. The first kappa shape index (κ1) is 19.3. The number of amides is 1. The van der Waals surface area contributed by atoms with Crippen molar-refractivity contribution in [3.8, 4) is 0 Å². The summed E-state index contributed by atoms with van der Waals surface area (Å²) in [6, 6.07) is 5.09. The van der Waals surface area contributed by atoms with Gasteiger partial charge < -0.3 is 5.32 Å². The summed E-state index contributed by atoms with van der Waals surface area (Å²) in [6.45, 7) is 5.72. The van der Waals surface area contributed by atoms with Gasteiger partial charge in [0.2, 0.25) is 5.91 Å². The highest BCUT2D eigenvalue weighted by atomic mass is 19.1. The van der Waals surface area contributed by atoms with E-state index < -0.39 is 0 Å². The number of halogens is 1. The Bertz CT molecular complexity index is 534. The quantitative estimate of drug-likeness (QED) is 0.606. The van der Waals surface area contributed by atoms with E-state index in [0.29, 0.717) is 30.6 Å². The van der Waals surface area contributed by atoms with Crippen LogP contribution in [0.1, 0.15) is 66.3 Å². The lowest BCUT2D eigenvalue weighted by atomic mass is 9.98. The third kappa shape index (κ3) is 6.51. The summed E-state index contributed by atoms with van der Waals surface area (Å²) in [7, 11) is 0. The molecule has 1 N–H and O–H groups in total. The number of unbranched alkanes of at least 4 members (excludes halogenated alkanes) is 2. The van der Waals surface area contributed by atoms with Crippen molar-refractivity contribution in [1.29, 1.82) is 0 Å². The predicted octanol–water partition coefficient (Wildman–Crippen LogP) is 5.14. The SMILES string of the molecule is CCC(=O)Nc1cccc(CCCCCC(=O)C(C)CC)c1F.[HH]. The van der Waals surface area contributed by atoms with Crippen LogP contribution >= 0.6 is 0 Å². The molecule has 0 fully saturated rings. The molecule has 0 saturated heterocycles. The smallest absolute Gasteiger partial charge is 0.224 e. The molecule has 23 heavy (non-hydrogen) atoms. The van der Waals surface area contributed by atoms with Gasteiger partial charge in [-0.15, -0.1) is 0 Å². The number of hydrogen-bond acceptors (Lipinski definition) is 2. The number of Topliss-reactive ketones (excluding diaryl/α,β-unsaturated/α-hetero) is 1. The van der Waals surface area contributed by atoms with Gasteiger partial charge in [-0.1, -0.05) is 39.3 Å². The van der Waals surface area contributed by atoms with Crippen LogP contribution in [0, 0.1) is 11.7 Å². The number of carbonyl (C=O) groups is 2. The Morgan fingerprint density at radius 1 is 1.22 bits per heavy atom. The van der Waals surface area contributed by atoms with Crippen molar-refractivity contribution in [1.82, 2.24) is 0 Å². The molecule has 1 aromatic rings. The minimum atomic E-state index is -0.343.